The van der Waals surface area contributed by atoms with Gasteiger partial charge in [-0.3, -0.25) is 4.79 Å². The molecule has 0 aromatic heterocycles. The molecule has 1 aliphatic rings. The van der Waals surface area contributed by atoms with Crippen LogP contribution < -0.4 is 4.74 Å². The van der Waals surface area contributed by atoms with Crippen LogP contribution in [0, 0.1) is 5.82 Å². The number of hydrogen-bond acceptors (Lipinski definition) is 4. The van der Waals surface area contributed by atoms with Crippen LogP contribution in [0.25, 0.3) is 5.57 Å². The van der Waals surface area contributed by atoms with Crippen LogP contribution in [-0.4, -0.2) is 25.3 Å². The Hall–Kier alpha value is -3.28. The van der Waals surface area contributed by atoms with E-state index in [1.165, 1.54) is 18.2 Å². The van der Waals surface area contributed by atoms with Crippen LogP contribution in [0.15, 0.2) is 84.9 Å². The van der Waals surface area contributed by atoms with E-state index in [1.807, 2.05) is 60.7 Å². The molecule has 0 N–H and O–H groups in total. The highest BCUT2D eigenvalue weighted by Gasteiger charge is 2.16. The van der Waals surface area contributed by atoms with Crippen LogP contribution in [0.3, 0.4) is 0 Å². The second-order valence-electron chi connectivity index (χ2n) is 8.59. The monoisotopic (exact) mass is 474 g/mol. The molecule has 0 spiro atoms. The predicted octanol–water partition coefficient (Wildman–Crippen LogP) is 6.99. The molecule has 4 nitrogen and oxygen atoms in total. The van der Waals surface area contributed by atoms with E-state index in [0.717, 1.165) is 49.0 Å². The van der Waals surface area contributed by atoms with Gasteiger partial charge in [-0.15, -0.1) is 0 Å². The van der Waals surface area contributed by atoms with E-state index in [-0.39, 0.29) is 17.6 Å². The summed E-state index contributed by atoms with van der Waals surface area (Å²) in [5.74, 6) is -0.402. The SMILES string of the molecule is O=C(/C=C(\CCCOC1CCCCO1)c1ccccc1)c1cc(F)ccc1OCc1ccccc1. The Bertz CT molecular complexity index is 1110. The van der Waals surface area contributed by atoms with Gasteiger partial charge in [0.25, 0.3) is 0 Å². The molecule has 3 aromatic rings. The molecule has 1 aliphatic heterocycles. The van der Waals surface area contributed by atoms with Gasteiger partial charge in [-0.2, -0.15) is 0 Å². The molecule has 4 rings (SSSR count). The lowest BCUT2D eigenvalue weighted by Gasteiger charge is -2.22. The molecule has 1 unspecified atom stereocenters. The van der Waals surface area contributed by atoms with E-state index in [9.17, 15) is 9.18 Å². The second kappa shape index (κ2) is 13.0. The molecule has 0 aliphatic carbocycles. The largest absolute Gasteiger partial charge is 0.488 e. The van der Waals surface area contributed by atoms with Crippen molar-refractivity contribution in [3.63, 3.8) is 0 Å². The maximum atomic E-state index is 14.1. The number of carbonyl (C=O) groups excluding carboxylic acids is 1. The molecule has 35 heavy (non-hydrogen) atoms. The van der Waals surface area contributed by atoms with Crippen molar-refractivity contribution in [1.29, 1.82) is 0 Å². The van der Waals surface area contributed by atoms with E-state index in [2.05, 4.69) is 0 Å². The number of ether oxygens (including phenoxy) is 3. The van der Waals surface area contributed by atoms with E-state index >= 15 is 0 Å². The normalized spacial score (nSPS) is 16.1. The van der Waals surface area contributed by atoms with Crippen molar-refractivity contribution in [1.82, 2.24) is 0 Å². The van der Waals surface area contributed by atoms with Gasteiger partial charge in [0.2, 0.25) is 0 Å². The van der Waals surface area contributed by atoms with Crippen molar-refractivity contribution in [3.05, 3.63) is 107 Å². The highest BCUT2D eigenvalue weighted by atomic mass is 19.1. The van der Waals surface area contributed by atoms with Gasteiger partial charge >= 0.3 is 0 Å². The number of ketones is 1. The summed E-state index contributed by atoms with van der Waals surface area (Å²) < 4.78 is 31.5. The number of carbonyl (C=O) groups is 1. The Morgan fingerprint density at radius 1 is 1.00 bits per heavy atom. The van der Waals surface area contributed by atoms with E-state index in [0.29, 0.717) is 25.4 Å². The minimum Gasteiger partial charge on any atom is -0.488 e. The summed E-state index contributed by atoms with van der Waals surface area (Å²) in [5, 5.41) is 0. The van der Waals surface area contributed by atoms with Crippen LogP contribution in [-0.2, 0) is 16.1 Å². The zero-order chi connectivity index (χ0) is 24.3. The number of rotatable bonds is 11. The highest BCUT2D eigenvalue weighted by molar-refractivity contribution is 6.10. The maximum Gasteiger partial charge on any atom is 0.189 e. The number of allylic oxidation sites excluding steroid dienone is 2. The van der Waals surface area contributed by atoms with Crippen molar-refractivity contribution < 1.29 is 23.4 Å². The Morgan fingerprint density at radius 3 is 2.51 bits per heavy atom. The zero-order valence-electron chi connectivity index (χ0n) is 19.8. The quantitative estimate of drug-likeness (QED) is 0.171. The summed E-state index contributed by atoms with van der Waals surface area (Å²) in [6, 6.07) is 23.5. The fraction of sp³-hybridized carbons (Fsp3) is 0.300. The molecular weight excluding hydrogens is 443 g/mol. The minimum atomic E-state index is -0.476. The lowest BCUT2D eigenvalue weighted by Crippen LogP contribution is -2.22. The second-order valence-corrected chi connectivity index (χ2v) is 8.59. The molecule has 0 radical (unpaired) electrons. The summed E-state index contributed by atoms with van der Waals surface area (Å²) in [6.45, 7) is 1.59. The summed E-state index contributed by atoms with van der Waals surface area (Å²) >= 11 is 0. The fourth-order valence-electron chi connectivity index (χ4n) is 4.06. The molecule has 1 atom stereocenters. The molecule has 0 bridgehead atoms. The van der Waals surface area contributed by atoms with Crippen molar-refractivity contribution in [3.8, 4) is 5.75 Å². The lowest BCUT2D eigenvalue weighted by atomic mass is 9.97. The van der Waals surface area contributed by atoms with Gasteiger partial charge in [0.05, 0.1) is 12.2 Å². The van der Waals surface area contributed by atoms with Gasteiger partial charge in [-0.25, -0.2) is 4.39 Å². The number of benzene rings is 3. The summed E-state index contributed by atoms with van der Waals surface area (Å²) in [5.41, 5.74) is 3.01. The van der Waals surface area contributed by atoms with E-state index in [1.54, 1.807) is 6.08 Å². The Labute approximate surface area is 206 Å². The van der Waals surface area contributed by atoms with Crippen molar-refractivity contribution in [2.24, 2.45) is 0 Å². The van der Waals surface area contributed by atoms with Crippen molar-refractivity contribution in [2.45, 2.75) is 45.0 Å². The fourth-order valence-corrected chi connectivity index (χ4v) is 4.06. The summed E-state index contributed by atoms with van der Waals surface area (Å²) in [6.07, 6.45) is 5.98. The molecule has 1 fully saturated rings. The van der Waals surface area contributed by atoms with Gasteiger partial charge < -0.3 is 14.2 Å². The summed E-state index contributed by atoms with van der Waals surface area (Å²) in [4.78, 5) is 13.3. The Kier molecular flexibility index (Phi) is 9.21. The first-order chi connectivity index (χ1) is 17.2. The molecule has 5 heteroatoms. The van der Waals surface area contributed by atoms with Gasteiger partial charge in [0.15, 0.2) is 12.1 Å². The van der Waals surface area contributed by atoms with Crippen LogP contribution in [0.2, 0.25) is 0 Å². The first-order valence-electron chi connectivity index (χ1n) is 12.2. The van der Waals surface area contributed by atoms with Crippen molar-refractivity contribution >= 4 is 11.4 Å². The topological polar surface area (TPSA) is 44.8 Å². The van der Waals surface area contributed by atoms with Crippen LogP contribution in [0.1, 0.15) is 53.6 Å². The Morgan fingerprint density at radius 2 is 1.77 bits per heavy atom. The number of halogens is 1. The third-order valence-corrected chi connectivity index (χ3v) is 5.93. The third kappa shape index (κ3) is 7.61. The molecule has 0 amide bonds. The molecule has 1 saturated heterocycles. The van der Waals surface area contributed by atoms with Crippen molar-refractivity contribution in [2.75, 3.05) is 13.2 Å². The maximum absolute atomic E-state index is 14.1. The average molecular weight is 475 g/mol. The standard InChI is InChI=1S/C30H31FO4/c31-26-16-17-29(35-22-23-10-3-1-4-11-23)27(21-26)28(32)20-25(24-12-5-2-6-13-24)14-9-19-34-30-15-7-8-18-33-30/h1-6,10-13,16-17,20-21,30H,7-9,14-15,18-19,22H2/b25-20+. The van der Waals surface area contributed by atoms with Crippen LogP contribution >= 0.6 is 0 Å². The molecular formula is C30H31FO4. The smallest absolute Gasteiger partial charge is 0.189 e. The van der Waals surface area contributed by atoms with E-state index < -0.39 is 5.82 Å². The van der Waals surface area contributed by atoms with E-state index in [4.69, 9.17) is 14.2 Å². The Balaban J connectivity index is 1.48. The highest BCUT2D eigenvalue weighted by Crippen LogP contribution is 2.26. The predicted molar refractivity (Wildman–Crippen MR) is 135 cm³/mol. The average Bonchev–Trinajstić information content (AvgIpc) is 2.91. The van der Waals surface area contributed by atoms with Gasteiger partial charge in [-0.05, 0) is 73.1 Å². The van der Waals surface area contributed by atoms with Gasteiger partial charge in [0.1, 0.15) is 18.2 Å². The van der Waals surface area contributed by atoms with Gasteiger partial charge in [-0.1, -0.05) is 60.7 Å². The first kappa shape index (κ1) is 24.8. The molecule has 0 saturated carbocycles. The first-order valence-corrected chi connectivity index (χ1v) is 12.2. The summed E-state index contributed by atoms with van der Waals surface area (Å²) in [7, 11) is 0. The molecule has 1 heterocycles. The zero-order valence-corrected chi connectivity index (χ0v) is 19.8. The van der Waals surface area contributed by atoms with Crippen LogP contribution in [0.5, 0.6) is 5.75 Å². The van der Waals surface area contributed by atoms with Crippen LogP contribution in [0.4, 0.5) is 4.39 Å². The third-order valence-electron chi connectivity index (χ3n) is 5.93. The van der Waals surface area contributed by atoms with Gasteiger partial charge in [0, 0.05) is 6.61 Å². The molecule has 182 valence electrons. The minimum absolute atomic E-state index is 0.133. The number of hydrogen-bond donors (Lipinski definition) is 0. The molecule has 3 aromatic carbocycles. The lowest BCUT2D eigenvalue weighted by molar-refractivity contribution is -0.162.